The third kappa shape index (κ3) is 4.74. The van der Waals surface area contributed by atoms with Gasteiger partial charge < -0.3 is 26.8 Å². The van der Waals surface area contributed by atoms with Crippen LogP contribution in [0.3, 0.4) is 0 Å². The quantitative estimate of drug-likeness (QED) is 0.279. The number of amidine groups is 1. The Morgan fingerprint density at radius 3 is 2.60 bits per heavy atom. The topological polar surface area (TPSA) is 128 Å². The molecule has 3 aromatic carbocycles. The monoisotopic (exact) mass is 471 g/mol. The fourth-order valence-electron chi connectivity index (χ4n) is 5.51. The SMILES string of the molecule is N=C(N)c1ccc2c(c1)N(Cc1cc(CO)cc3ccccc13)C(C(=O)N[C@H]1CC[C@H](N)CC1)C2. The normalized spacial score (nSPS) is 21.7. The molecule has 1 unspecified atom stereocenters. The Morgan fingerprint density at radius 2 is 1.86 bits per heavy atom. The van der Waals surface area contributed by atoms with Crippen molar-refractivity contribution in [1.82, 2.24) is 5.32 Å². The van der Waals surface area contributed by atoms with E-state index >= 15 is 0 Å². The molecule has 2 aliphatic rings. The first-order chi connectivity index (χ1) is 16.9. The van der Waals surface area contributed by atoms with Crippen LogP contribution in [0.15, 0.2) is 54.6 Å². The number of anilines is 1. The van der Waals surface area contributed by atoms with Crippen LogP contribution in [-0.4, -0.2) is 35.0 Å². The van der Waals surface area contributed by atoms with Gasteiger partial charge in [0.05, 0.1) is 6.61 Å². The number of hydrogen-bond donors (Lipinski definition) is 5. The van der Waals surface area contributed by atoms with Crippen molar-refractivity contribution in [3.05, 3.63) is 76.9 Å². The Labute approximate surface area is 205 Å². The van der Waals surface area contributed by atoms with Gasteiger partial charge in [-0.15, -0.1) is 0 Å². The molecule has 7 nitrogen and oxygen atoms in total. The minimum absolute atomic E-state index is 0.00641. The van der Waals surface area contributed by atoms with Crippen LogP contribution in [0.5, 0.6) is 0 Å². The average molecular weight is 472 g/mol. The van der Waals surface area contributed by atoms with Crippen molar-refractivity contribution in [1.29, 1.82) is 5.41 Å². The molecule has 0 bridgehead atoms. The molecule has 1 amide bonds. The summed E-state index contributed by atoms with van der Waals surface area (Å²) in [5.74, 6) is 0.0283. The second-order valence-electron chi connectivity index (χ2n) is 9.86. The Kier molecular flexibility index (Phi) is 6.45. The number of amides is 1. The fraction of sp³-hybridized carbons (Fsp3) is 0.357. The van der Waals surface area contributed by atoms with E-state index in [4.69, 9.17) is 16.9 Å². The largest absolute Gasteiger partial charge is 0.392 e. The van der Waals surface area contributed by atoms with Gasteiger partial charge in [-0.05, 0) is 65.3 Å². The molecule has 1 aliphatic carbocycles. The van der Waals surface area contributed by atoms with Gasteiger partial charge in [0, 0.05) is 36.3 Å². The molecule has 1 heterocycles. The lowest BCUT2D eigenvalue weighted by Gasteiger charge is -2.31. The lowest BCUT2D eigenvalue weighted by atomic mass is 9.91. The molecule has 7 heteroatoms. The van der Waals surface area contributed by atoms with Crippen LogP contribution < -0.4 is 21.7 Å². The molecule has 0 saturated heterocycles. The predicted octanol–water partition coefficient (Wildman–Crippen LogP) is 2.93. The second kappa shape index (κ2) is 9.68. The van der Waals surface area contributed by atoms with Crippen molar-refractivity contribution in [2.45, 2.75) is 63.4 Å². The van der Waals surface area contributed by atoms with Crippen molar-refractivity contribution in [2.75, 3.05) is 4.90 Å². The second-order valence-corrected chi connectivity index (χ2v) is 9.86. The Balaban J connectivity index is 1.50. The maximum absolute atomic E-state index is 13.6. The van der Waals surface area contributed by atoms with Crippen LogP contribution in [0, 0.1) is 5.41 Å². The molecule has 182 valence electrons. The number of carbonyl (C=O) groups excluding carboxylic acids is 1. The van der Waals surface area contributed by atoms with Crippen LogP contribution in [0.1, 0.15) is 47.9 Å². The molecular weight excluding hydrogens is 438 g/mol. The highest BCUT2D eigenvalue weighted by atomic mass is 16.3. The third-order valence-electron chi connectivity index (χ3n) is 7.45. The summed E-state index contributed by atoms with van der Waals surface area (Å²) >= 11 is 0. The van der Waals surface area contributed by atoms with Gasteiger partial charge in [0.1, 0.15) is 11.9 Å². The lowest BCUT2D eigenvalue weighted by Crippen LogP contribution is -2.49. The number of benzene rings is 3. The van der Waals surface area contributed by atoms with Gasteiger partial charge in [-0.1, -0.05) is 42.5 Å². The van der Waals surface area contributed by atoms with Crippen molar-refractivity contribution < 1.29 is 9.90 Å². The first kappa shape index (κ1) is 23.3. The van der Waals surface area contributed by atoms with Crippen molar-refractivity contribution in [2.24, 2.45) is 11.5 Å². The maximum Gasteiger partial charge on any atom is 0.243 e. The standard InChI is InChI=1S/C28H33N5O2/c29-22-7-9-23(10-8-22)32-28(35)26-13-19-5-6-20(27(30)31)14-25(19)33(26)15-21-12-17(16-34)11-18-3-1-2-4-24(18)21/h1-6,11-12,14,22-23,26,34H,7-10,13,15-16,29H2,(H3,30,31)(H,32,35)/t22-,23-,26?. The van der Waals surface area contributed by atoms with Gasteiger partial charge in [0.25, 0.3) is 0 Å². The molecule has 1 atom stereocenters. The average Bonchev–Trinajstić information content (AvgIpc) is 3.23. The van der Waals surface area contributed by atoms with E-state index in [9.17, 15) is 9.90 Å². The number of carbonyl (C=O) groups is 1. The number of nitrogen functional groups attached to an aromatic ring is 1. The number of hydrogen-bond acceptors (Lipinski definition) is 5. The summed E-state index contributed by atoms with van der Waals surface area (Å²) in [7, 11) is 0. The van der Waals surface area contributed by atoms with E-state index in [1.807, 2.05) is 48.5 Å². The van der Waals surface area contributed by atoms with Crippen molar-refractivity contribution >= 4 is 28.2 Å². The van der Waals surface area contributed by atoms with Crippen LogP contribution in [0.25, 0.3) is 10.8 Å². The summed E-state index contributed by atoms with van der Waals surface area (Å²) in [6, 6.07) is 17.9. The van der Waals surface area contributed by atoms with E-state index in [1.165, 1.54) is 0 Å². The lowest BCUT2D eigenvalue weighted by molar-refractivity contribution is -0.123. The Bertz CT molecular complexity index is 1270. The van der Waals surface area contributed by atoms with Gasteiger partial charge in [-0.2, -0.15) is 0 Å². The van der Waals surface area contributed by atoms with Gasteiger partial charge in [0.2, 0.25) is 5.91 Å². The first-order valence-corrected chi connectivity index (χ1v) is 12.3. The van der Waals surface area contributed by atoms with Crippen LogP contribution >= 0.6 is 0 Å². The molecule has 0 spiro atoms. The molecular formula is C28H33N5O2. The molecule has 0 radical (unpaired) electrons. The predicted molar refractivity (Wildman–Crippen MR) is 139 cm³/mol. The number of aliphatic hydroxyl groups excluding tert-OH is 1. The molecule has 3 aromatic rings. The summed E-state index contributed by atoms with van der Waals surface area (Å²) in [6.45, 7) is 0.465. The van der Waals surface area contributed by atoms with Crippen molar-refractivity contribution in [3.63, 3.8) is 0 Å². The molecule has 1 saturated carbocycles. The molecule has 1 aliphatic heterocycles. The molecule has 0 aromatic heterocycles. The first-order valence-electron chi connectivity index (χ1n) is 12.3. The van der Waals surface area contributed by atoms with E-state index in [0.29, 0.717) is 18.5 Å². The van der Waals surface area contributed by atoms with Gasteiger partial charge in [-0.25, -0.2) is 0 Å². The molecule has 1 fully saturated rings. The maximum atomic E-state index is 13.6. The summed E-state index contributed by atoms with van der Waals surface area (Å²) in [4.78, 5) is 15.7. The number of aliphatic hydroxyl groups is 1. The van der Waals surface area contributed by atoms with Crippen LogP contribution in [0.2, 0.25) is 0 Å². The third-order valence-corrected chi connectivity index (χ3v) is 7.45. The van der Waals surface area contributed by atoms with Crippen LogP contribution in [0.4, 0.5) is 5.69 Å². The zero-order valence-corrected chi connectivity index (χ0v) is 19.8. The van der Waals surface area contributed by atoms with Gasteiger partial charge in [0.15, 0.2) is 0 Å². The fourth-order valence-corrected chi connectivity index (χ4v) is 5.51. The van der Waals surface area contributed by atoms with Gasteiger partial charge in [-0.3, -0.25) is 10.2 Å². The molecule has 35 heavy (non-hydrogen) atoms. The Morgan fingerprint density at radius 1 is 1.09 bits per heavy atom. The smallest absolute Gasteiger partial charge is 0.243 e. The van der Waals surface area contributed by atoms with Gasteiger partial charge >= 0.3 is 0 Å². The molecule has 5 rings (SSSR count). The van der Waals surface area contributed by atoms with E-state index in [0.717, 1.165) is 58.8 Å². The van der Waals surface area contributed by atoms with Crippen molar-refractivity contribution in [3.8, 4) is 0 Å². The number of nitrogens with one attached hydrogen (secondary N) is 2. The highest BCUT2D eigenvalue weighted by Crippen LogP contribution is 2.36. The summed E-state index contributed by atoms with van der Waals surface area (Å²) in [5, 5.41) is 23.2. The van der Waals surface area contributed by atoms with E-state index in [-0.39, 0.29) is 36.5 Å². The minimum atomic E-state index is -0.362. The number of fused-ring (bicyclic) bond motifs is 2. The summed E-state index contributed by atoms with van der Waals surface area (Å²) in [5.41, 5.74) is 16.4. The minimum Gasteiger partial charge on any atom is -0.392 e. The summed E-state index contributed by atoms with van der Waals surface area (Å²) < 4.78 is 0. The van der Waals surface area contributed by atoms with E-state index in [1.54, 1.807) is 0 Å². The number of nitrogens with two attached hydrogens (primary N) is 2. The highest BCUT2D eigenvalue weighted by molar-refractivity contribution is 5.97. The van der Waals surface area contributed by atoms with E-state index < -0.39 is 0 Å². The number of rotatable bonds is 6. The highest BCUT2D eigenvalue weighted by Gasteiger charge is 2.36. The zero-order valence-electron chi connectivity index (χ0n) is 19.8. The number of nitrogens with zero attached hydrogens (tertiary/aromatic N) is 1. The zero-order chi connectivity index (χ0) is 24.5. The van der Waals surface area contributed by atoms with E-state index in [2.05, 4.69) is 16.3 Å². The summed E-state index contributed by atoms with van der Waals surface area (Å²) in [6.07, 6.45) is 4.28. The molecule has 7 N–H and O–H groups in total. The Hall–Kier alpha value is -3.42. The van der Waals surface area contributed by atoms with Crippen LogP contribution in [-0.2, 0) is 24.4 Å².